The number of tetrazole rings is 1. The Balaban J connectivity index is 1.55. The van der Waals surface area contributed by atoms with Gasteiger partial charge in [0, 0.05) is 11.3 Å². The molecule has 0 aliphatic carbocycles. The van der Waals surface area contributed by atoms with Crippen molar-refractivity contribution in [2.24, 2.45) is 5.16 Å². The molecule has 0 aliphatic heterocycles. The summed E-state index contributed by atoms with van der Waals surface area (Å²) in [5, 5.41) is 35.1. The zero-order valence-electron chi connectivity index (χ0n) is 14.6. The quantitative estimate of drug-likeness (QED) is 0.221. The van der Waals surface area contributed by atoms with E-state index in [1.165, 1.54) is 23.0 Å². The molecule has 0 spiro atoms. The number of oxime groups is 1. The minimum Gasteiger partial charge on any atom is -0.409 e. The topological polar surface area (TPSA) is 127 Å². The average Bonchev–Trinajstić information content (AvgIpc) is 3.40. The lowest BCUT2D eigenvalue weighted by Gasteiger charge is -2.07. The first-order valence-electron chi connectivity index (χ1n) is 8.23. The molecule has 0 bridgehead atoms. The Morgan fingerprint density at radius 1 is 1.21 bits per heavy atom. The molecular formula is C17H12ClFN8O2. The minimum absolute atomic E-state index is 0.0591. The Kier molecular flexibility index (Phi) is 5.12. The van der Waals surface area contributed by atoms with Crippen molar-refractivity contribution in [2.75, 3.05) is 5.32 Å². The van der Waals surface area contributed by atoms with Crippen LogP contribution in [0.2, 0.25) is 5.02 Å². The molecule has 4 rings (SSSR count). The Morgan fingerprint density at radius 3 is 2.79 bits per heavy atom. The van der Waals surface area contributed by atoms with Crippen LogP contribution in [0.25, 0.3) is 11.4 Å². The number of amidine groups is 1. The number of benzene rings is 2. The van der Waals surface area contributed by atoms with E-state index in [1.807, 2.05) is 30.3 Å². The third-order valence-corrected chi connectivity index (χ3v) is 4.13. The third kappa shape index (κ3) is 4.04. The zero-order valence-corrected chi connectivity index (χ0v) is 15.3. The van der Waals surface area contributed by atoms with E-state index < -0.39 is 5.82 Å². The van der Waals surface area contributed by atoms with Gasteiger partial charge in [-0.2, -0.15) is 4.80 Å². The first-order valence-corrected chi connectivity index (χ1v) is 8.61. The van der Waals surface area contributed by atoms with Gasteiger partial charge in [0.1, 0.15) is 18.1 Å². The van der Waals surface area contributed by atoms with Crippen molar-refractivity contribution in [3.63, 3.8) is 0 Å². The molecule has 0 fully saturated rings. The summed E-state index contributed by atoms with van der Waals surface area (Å²) in [6.07, 6.45) is 0. The van der Waals surface area contributed by atoms with Crippen LogP contribution >= 0.6 is 11.6 Å². The number of nitrogens with zero attached hydrogens (tertiary/aromatic N) is 7. The molecule has 0 aliphatic rings. The van der Waals surface area contributed by atoms with E-state index in [9.17, 15) is 9.60 Å². The second-order valence-corrected chi connectivity index (χ2v) is 6.18. The molecule has 2 N–H and O–H groups in total. The van der Waals surface area contributed by atoms with Gasteiger partial charge in [0.2, 0.25) is 11.7 Å². The molecule has 4 aromatic rings. The molecule has 2 aromatic heterocycles. The highest BCUT2D eigenvalue weighted by Crippen LogP contribution is 2.20. The highest BCUT2D eigenvalue weighted by molar-refractivity contribution is 6.31. The predicted octanol–water partition coefficient (Wildman–Crippen LogP) is 2.81. The van der Waals surface area contributed by atoms with E-state index in [0.717, 1.165) is 5.56 Å². The van der Waals surface area contributed by atoms with Gasteiger partial charge in [-0.3, -0.25) is 0 Å². The van der Waals surface area contributed by atoms with Gasteiger partial charge in [-0.25, -0.2) is 9.02 Å². The number of hydrogen-bond acceptors (Lipinski definition) is 8. The maximum absolute atomic E-state index is 13.3. The number of rotatable bonds is 5. The summed E-state index contributed by atoms with van der Waals surface area (Å²) in [5.74, 6) is -0.207. The highest BCUT2D eigenvalue weighted by Gasteiger charge is 2.19. The van der Waals surface area contributed by atoms with E-state index in [0.29, 0.717) is 11.5 Å². The van der Waals surface area contributed by atoms with Gasteiger partial charge in [-0.15, -0.1) is 10.2 Å². The summed E-state index contributed by atoms with van der Waals surface area (Å²) < 4.78 is 18.1. The summed E-state index contributed by atoms with van der Waals surface area (Å²) in [6.45, 7) is 0.0591. The number of aromatic nitrogens is 6. The zero-order chi connectivity index (χ0) is 20.2. The van der Waals surface area contributed by atoms with Crippen molar-refractivity contribution in [2.45, 2.75) is 6.54 Å². The molecule has 29 heavy (non-hydrogen) atoms. The molecule has 10 nitrogen and oxygen atoms in total. The average molecular weight is 415 g/mol. The fraction of sp³-hybridized carbons (Fsp3) is 0.0588. The van der Waals surface area contributed by atoms with E-state index in [1.54, 1.807) is 0 Å². The number of anilines is 1. The molecule has 0 saturated carbocycles. The molecular weight excluding hydrogens is 403 g/mol. The van der Waals surface area contributed by atoms with Gasteiger partial charge in [-0.05, 0) is 28.6 Å². The van der Waals surface area contributed by atoms with E-state index in [2.05, 4.69) is 36.2 Å². The predicted molar refractivity (Wildman–Crippen MR) is 100 cm³/mol. The molecule has 0 amide bonds. The molecule has 0 unspecified atom stereocenters. The van der Waals surface area contributed by atoms with Crippen LogP contribution in [-0.4, -0.2) is 41.6 Å². The van der Waals surface area contributed by atoms with Gasteiger partial charge < -0.3 is 10.5 Å². The van der Waals surface area contributed by atoms with Gasteiger partial charge in [0.15, 0.2) is 5.69 Å². The summed E-state index contributed by atoms with van der Waals surface area (Å²) in [7, 11) is 0. The molecule has 2 heterocycles. The molecule has 2 aromatic carbocycles. The second-order valence-electron chi connectivity index (χ2n) is 5.77. The second kappa shape index (κ2) is 8.02. The van der Waals surface area contributed by atoms with Crippen molar-refractivity contribution >= 4 is 23.1 Å². The van der Waals surface area contributed by atoms with Gasteiger partial charge in [0.25, 0.3) is 0 Å². The number of nitrogens with one attached hydrogen (secondary N) is 1. The first-order chi connectivity index (χ1) is 14.1. The van der Waals surface area contributed by atoms with Crippen molar-refractivity contribution in [1.82, 2.24) is 30.5 Å². The maximum Gasteiger partial charge on any atom is 0.204 e. The summed E-state index contributed by atoms with van der Waals surface area (Å²) in [6, 6.07) is 13.3. The Morgan fingerprint density at radius 2 is 2.03 bits per heavy atom. The van der Waals surface area contributed by atoms with Crippen LogP contribution in [0.5, 0.6) is 0 Å². The van der Waals surface area contributed by atoms with Gasteiger partial charge in [-0.1, -0.05) is 52.2 Å². The molecule has 0 atom stereocenters. The SMILES string of the molecule is O/N=C(/Nc1ccc(F)c(Cl)c1)c1nonc1Cn1nnc(-c2ccccc2)n1. The van der Waals surface area contributed by atoms with Crippen LogP contribution in [0.3, 0.4) is 0 Å². The van der Waals surface area contributed by atoms with Crippen LogP contribution in [-0.2, 0) is 6.54 Å². The van der Waals surface area contributed by atoms with E-state index >= 15 is 0 Å². The Labute approximate surface area is 167 Å². The van der Waals surface area contributed by atoms with Crippen molar-refractivity contribution in [3.05, 3.63) is 70.8 Å². The number of halogens is 2. The summed E-state index contributed by atoms with van der Waals surface area (Å²) >= 11 is 5.77. The summed E-state index contributed by atoms with van der Waals surface area (Å²) in [5.41, 5.74) is 1.59. The largest absolute Gasteiger partial charge is 0.409 e. The van der Waals surface area contributed by atoms with Crippen LogP contribution < -0.4 is 5.32 Å². The fourth-order valence-electron chi connectivity index (χ4n) is 2.48. The van der Waals surface area contributed by atoms with Crippen molar-refractivity contribution in [1.29, 1.82) is 0 Å². The van der Waals surface area contributed by atoms with Crippen LogP contribution in [0.1, 0.15) is 11.4 Å². The number of hydrogen-bond donors (Lipinski definition) is 2. The van der Waals surface area contributed by atoms with Crippen LogP contribution in [0.4, 0.5) is 10.1 Å². The smallest absolute Gasteiger partial charge is 0.204 e. The van der Waals surface area contributed by atoms with Crippen LogP contribution in [0, 0.1) is 5.82 Å². The monoisotopic (exact) mass is 414 g/mol. The minimum atomic E-state index is -0.574. The molecule has 12 heteroatoms. The molecule has 0 radical (unpaired) electrons. The standard InChI is InChI=1S/C17H12ClFN8O2/c18-12-8-11(6-7-13(12)19)20-17(23-28)15-14(24-29-25-15)9-27-22-16(21-26-27)10-4-2-1-3-5-10/h1-8,28H,9H2,(H,20,23). The molecule has 0 saturated heterocycles. The first kappa shape index (κ1) is 18.5. The maximum atomic E-state index is 13.3. The van der Waals surface area contributed by atoms with E-state index in [-0.39, 0.29) is 28.8 Å². The Bertz CT molecular complexity index is 1160. The van der Waals surface area contributed by atoms with Gasteiger partial charge >= 0.3 is 0 Å². The van der Waals surface area contributed by atoms with Gasteiger partial charge in [0.05, 0.1) is 5.02 Å². The van der Waals surface area contributed by atoms with Crippen molar-refractivity contribution in [3.8, 4) is 11.4 Å². The summed E-state index contributed by atoms with van der Waals surface area (Å²) in [4.78, 5) is 1.30. The molecule has 146 valence electrons. The fourth-order valence-corrected chi connectivity index (χ4v) is 2.66. The lowest BCUT2D eigenvalue weighted by molar-refractivity contribution is 0.299. The normalized spacial score (nSPS) is 11.6. The lowest BCUT2D eigenvalue weighted by Crippen LogP contribution is -2.18. The van der Waals surface area contributed by atoms with Crippen LogP contribution in [0.15, 0.2) is 58.3 Å². The highest BCUT2D eigenvalue weighted by atomic mass is 35.5. The Hall–Kier alpha value is -3.86. The lowest BCUT2D eigenvalue weighted by atomic mass is 10.2. The van der Waals surface area contributed by atoms with E-state index in [4.69, 9.17) is 16.2 Å². The third-order valence-electron chi connectivity index (χ3n) is 3.84. The van der Waals surface area contributed by atoms with Crippen molar-refractivity contribution < 1.29 is 14.2 Å².